The first-order valence-electron chi connectivity index (χ1n) is 5.53. The van der Waals surface area contributed by atoms with E-state index in [4.69, 9.17) is 23.1 Å². The second kappa shape index (κ2) is 5.53. The fourth-order valence-corrected chi connectivity index (χ4v) is 2.15. The number of pyridine rings is 1. The van der Waals surface area contributed by atoms with E-state index in [9.17, 15) is 8.42 Å². The number of rotatable bonds is 4. The summed E-state index contributed by atoms with van der Waals surface area (Å²) in [6.07, 6.45) is 0. The zero-order valence-electron chi connectivity index (χ0n) is 10.3. The van der Waals surface area contributed by atoms with Crippen molar-refractivity contribution in [1.29, 1.82) is 0 Å². The van der Waals surface area contributed by atoms with Gasteiger partial charge in [-0.25, -0.2) is 18.5 Å². The third kappa shape index (κ3) is 3.50. The summed E-state index contributed by atoms with van der Waals surface area (Å²) in [4.78, 5) is 4.47. The number of anilines is 2. The van der Waals surface area contributed by atoms with Gasteiger partial charge in [0.25, 0.3) is 0 Å². The normalized spacial score (nSPS) is 11.1. The highest BCUT2D eigenvalue weighted by Crippen LogP contribution is 2.17. The van der Waals surface area contributed by atoms with E-state index in [1.54, 1.807) is 30.3 Å². The van der Waals surface area contributed by atoms with Gasteiger partial charge >= 0.3 is 0 Å². The van der Waals surface area contributed by atoms with Crippen molar-refractivity contribution in [3.05, 3.63) is 48.2 Å². The van der Waals surface area contributed by atoms with Gasteiger partial charge in [0.1, 0.15) is 10.8 Å². The minimum Gasteiger partial charge on any atom is -0.388 e. The molecule has 0 aliphatic rings. The largest absolute Gasteiger partial charge is 0.388 e. The zero-order valence-corrected chi connectivity index (χ0v) is 11.9. The first kappa shape index (κ1) is 14.4. The summed E-state index contributed by atoms with van der Waals surface area (Å²) in [5.74, 6) is 0.554. The van der Waals surface area contributed by atoms with Crippen molar-refractivity contribution < 1.29 is 8.42 Å². The van der Waals surface area contributed by atoms with Gasteiger partial charge in [-0.15, -0.1) is 0 Å². The second-order valence-electron chi connectivity index (χ2n) is 3.97. The van der Waals surface area contributed by atoms with Crippen LogP contribution in [0.4, 0.5) is 11.5 Å². The van der Waals surface area contributed by atoms with Gasteiger partial charge in [-0.2, -0.15) is 0 Å². The molecule has 1 aromatic heterocycles. The summed E-state index contributed by atoms with van der Waals surface area (Å²) in [5, 5.41) is 8.04. The van der Waals surface area contributed by atoms with Crippen LogP contribution < -0.4 is 16.2 Å². The van der Waals surface area contributed by atoms with Gasteiger partial charge in [-0.1, -0.05) is 18.3 Å². The Balaban J connectivity index is 2.22. The second-order valence-corrected chi connectivity index (χ2v) is 5.97. The smallest absolute Gasteiger partial charge is 0.238 e. The fourth-order valence-electron chi connectivity index (χ4n) is 1.52. The number of hydrogen-bond donors (Lipinski definition) is 3. The first-order valence-corrected chi connectivity index (χ1v) is 7.48. The summed E-state index contributed by atoms with van der Waals surface area (Å²) < 4.78 is 22.3. The van der Waals surface area contributed by atoms with Crippen LogP contribution >= 0.6 is 12.2 Å². The van der Waals surface area contributed by atoms with E-state index < -0.39 is 10.0 Å². The molecular formula is C12H12N4O2S2. The van der Waals surface area contributed by atoms with E-state index in [1.807, 2.05) is 0 Å². The molecule has 0 bridgehead atoms. The molecule has 0 aliphatic heterocycles. The number of benzene rings is 1. The topological polar surface area (TPSA) is 111 Å². The number of hydrogen-bond acceptors (Lipinski definition) is 5. The molecular weight excluding hydrogens is 296 g/mol. The van der Waals surface area contributed by atoms with Crippen LogP contribution in [0.25, 0.3) is 0 Å². The number of sulfonamides is 1. The lowest BCUT2D eigenvalue weighted by Crippen LogP contribution is -2.12. The Kier molecular flexibility index (Phi) is 3.98. The quantitative estimate of drug-likeness (QED) is 0.730. The van der Waals surface area contributed by atoms with E-state index in [2.05, 4.69) is 10.3 Å². The van der Waals surface area contributed by atoms with Gasteiger partial charge in [0, 0.05) is 5.69 Å². The van der Waals surface area contributed by atoms with Crippen molar-refractivity contribution in [3.8, 4) is 0 Å². The average Bonchev–Trinajstić information content (AvgIpc) is 2.38. The first-order chi connectivity index (χ1) is 9.36. The molecule has 6 nitrogen and oxygen atoms in total. The van der Waals surface area contributed by atoms with Gasteiger partial charge in [-0.05, 0) is 36.4 Å². The van der Waals surface area contributed by atoms with Crippen LogP contribution in [0.5, 0.6) is 0 Å². The van der Waals surface area contributed by atoms with Crippen molar-refractivity contribution in [1.82, 2.24) is 4.98 Å². The molecule has 0 amide bonds. The van der Waals surface area contributed by atoms with Gasteiger partial charge < -0.3 is 11.1 Å². The van der Waals surface area contributed by atoms with Crippen LogP contribution in [-0.2, 0) is 10.0 Å². The molecule has 2 aromatic rings. The highest BCUT2D eigenvalue weighted by atomic mass is 32.2. The third-order valence-electron chi connectivity index (χ3n) is 2.46. The molecule has 20 heavy (non-hydrogen) atoms. The van der Waals surface area contributed by atoms with Gasteiger partial charge in [0.05, 0.1) is 10.6 Å². The molecule has 8 heteroatoms. The van der Waals surface area contributed by atoms with Gasteiger partial charge in [0.2, 0.25) is 10.0 Å². The maximum absolute atomic E-state index is 11.1. The molecule has 0 radical (unpaired) electrons. The van der Waals surface area contributed by atoms with Crippen molar-refractivity contribution in [3.63, 3.8) is 0 Å². The lowest BCUT2D eigenvalue weighted by atomic mass is 10.3. The van der Waals surface area contributed by atoms with Gasteiger partial charge in [-0.3, -0.25) is 0 Å². The number of nitrogens with zero attached hydrogens (tertiary/aromatic N) is 1. The zero-order chi connectivity index (χ0) is 14.8. The van der Waals surface area contributed by atoms with Crippen molar-refractivity contribution in [2.24, 2.45) is 10.9 Å². The van der Waals surface area contributed by atoms with E-state index in [0.717, 1.165) is 0 Å². The fraction of sp³-hybridized carbons (Fsp3) is 0. The van der Waals surface area contributed by atoms with Crippen LogP contribution in [0.3, 0.4) is 0 Å². The Bertz CT molecular complexity index is 742. The molecule has 1 aromatic carbocycles. The molecule has 0 atom stereocenters. The third-order valence-corrected chi connectivity index (χ3v) is 3.60. The molecule has 0 fully saturated rings. The minimum absolute atomic E-state index is 0.0490. The SMILES string of the molecule is NC(=S)c1cccc(Nc2ccc(S(N)(=O)=O)cc2)n1. The molecule has 104 valence electrons. The van der Waals surface area contributed by atoms with Crippen molar-refractivity contribution in [2.75, 3.05) is 5.32 Å². The van der Waals surface area contributed by atoms with Crippen LogP contribution in [0.15, 0.2) is 47.4 Å². The lowest BCUT2D eigenvalue weighted by Gasteiger charge is -2.07. The predicted octanol–water partition coefficient (Wildman–Crippen LogP) is 1.11. The summed E-state index contributed by atoms with van der Waals surface area (Å²) >= 11 is 4.85. The maximum atomic E-state index is 11.1. The highest BCUT2D eigenvalue weighted by molar-refractivity contribution is 7.89. The lowest BCUT2D eigenvalue weighted by molar-refractivity contribution is 0.598. The molecule has 0 aliphatic carbocycles. The molecule has 1 heterocycles. The number of thiocarbonyl (C=S) groups is 1. The van der Waals surface area contributed by atoms with E-state index in [1.165, 1.54) is 12.1 Å². The Hall–Kier alpha value is -2.03. The number of primary sulfonamides is 1. The number of nitrogens with two attached hydrogens (primary N) is 2. The molecule has 0 saturated carbocycles. The highest BCUT2D eigenvalue weighted by Gasteiger charge is 2.07. The monoisotopic (exact) mass is 308 g/mol. The van der Waals surface area contributed by atoms with E-state index >= 15 is 0 Å². The molecule has 5 N–H and O–H groups in total. The van der Waals surface area contributed by atoms with Crippen LogP contribution in [0.2, 0.25) is 0 Å². The standard InChI is InChI=1S/C12H12N4O2S2/c13-12(19)10-2-1-3-11(16-10)15-8-4-6-9(7-5-8)20(14,17)18/h1-7H,(H2,13,19)(H,15,16)(H2,14,17,18). The Labute approximate surface area is 121 Å². The summed E-state index contributed by atoms with van der Waals surface area (Å²) in [7, 11) is -3.69. The Morgan fingerprint density at radius 2 is 1.80 bits per heavy atom. The molecule has 0 saturated heterocycles. The van der Waals surface area contributed by atoms with Crippen LogP contribution in [0, 0.1) is 0 Å². The predicted molar refractivity (Wildman–Crippen MR) is 81.2 cm³/mol. The van der Waals surface area contributed by atoms with E-state index in [0.29, 0.717) is 17.2 Å². The molecule has 0 unspecified atom stereocenters. The summed E-state index contributed by atoms with van der Waals surface area (Å²) in [6.45, 7) is 0. The minimum atomic E-state index is -3.69. The number of aromatic nitrogens is 1. The summed E-state index contributed by atoms with van der Waals surface area (Å²) in [6, 6.07) is 11.2. The number of nitrogens with one attached hydrogen (secondary N) is 1. The summed E-state index contributed by atoms with van der Waals surface area (Å²) in [5.41, 5.74) is 6.68. The molecule has 2 rings (SSSR count). The van der Waals surface area contributed by atoms with Crippen LogP contribution in [-0.4, -0.2) is 18.4 Å². The van der Waals surface area contributed by atoms with Crippen molar-refractivity contribution >= 4 is 38.7 Å². The Morgan fingerprint density at radius 1 is 1.15 bits per heavy atom. The average molecular weight is 308 g/mol. The Morgan fingerprint density at radius 3 is 2.35 bits per heavy atom. The van der Waals surface area contributed by atoms with Crippen LogP contribution in [0.1, 0.15) is 5.69 Å². The maximum Gasteiger partial charge on any atom is 0.238 e. The van der Waals surface area contributed by atoms with E-state index in [-0.39, 0.29) is 9.88 Å². The molecule has 0 spiro atoms. The van der Waals surface area contributed by atoms with Gasteiger partial charge in [0.15, 0.2) is 0 Å². The van der Waals surface area contributed by atoms with Crippen molar-refractivity contribution in [2.45, 2.75) is 4.90 Å².